The first-order valence-electron chi connectivity index (χ1n) is 7.96. The largest absolute Gasteiger partial charge is 0.416 e. The van der Waals surface area contributed by atoms with Gasteiger partial charge in [0, 0.05) is 25.0 Å². The van der Waals surface area contributed by atoms with E-state index in [9.17, 15) is 13.2 Å². The van der Waals surface area contributed by atoms with Gasteiger partial charge in [-0.2, -0.15) is 18.2 Å². The third kappa shape index (κ3) is 4.84. The topological polar surface area (TPSA) is 41.1 Å². The third-order valence-corrected chi connectivity index (χ3v) is 3.38. The predicted molar refractivity (Wildman–Crippen MR) is 89.6 cm³/mol. The molecule has 1 N–H and O–H groups in total. The molecule has 0 fully saturated rings. The maximum Gasteiger partial charge on any atom is 0.416 e. The number of halogens is 3. The molecule has 1 aromatic carbocycles. The second-order valence-corrected chi connectivity index (χ2v) is 5.43. The van der Waals surface area contributed by atoms with E-state index >= 15 is 0 Å². The van der Waals surface area contributed by atoms with Crippen molar-refractivity contribution in [3.8, 4) is 0 Å². The van der Waals surface area contributed by atoms with E-state index in [1.54, 1.807) is 18.3 Å². The van der Waals surface area contributed by atoms with E-state index in [4.69, 9.17) is 0 Å². The highest BCUT2D eigenvalue weighted by atomic mass is 19.4. The predicted octanol–water partition coefficient (Wildman–Crippen LogP) is 4.87. The summed E-state index contributed by atoms with van der Waals surface area (Å²) in [6.07, 6.45) is -0.826. The summed E-state index contributed by atoms with van der Waals surface area (Å²) in [6, 6.07) is 6.69. The van der Waals surface area contributed by atoms with Crippen LogP contribution in [0.3, 0.4) is 0 Å². The number of aromatic nitrogens is 2. The number of rotatable bonds is 7. The van der Waals surface area contributed by atoms with Gasteiger partial charge in [0.1, 0.15) is 5.82 Å². The lowest BCUT2D eigenvalue weighted by Gasteiger charge is -2.21. The van der Waals surface area contributed by atoms with Gasteiger partial charge in [0.25, 0.3) is 0 Å². The van der Waals surface area contributed by atoms with Crippen LogP contribution in [0.2, 0.25) is 0 Å². The van der Waals surface area contributed by atoms with Crippen molar-refractivity contribution in [1.82, 2.24) is 9.97 Å². The quantitative estimate of drug-likeness (QED) is 0.782. The van der Waals surface area contributed by atoms with Crippen LogP contribution in [0, 0.1) is 0 Å². The van der Waals surface area contributed by atoms with Crippen LogP contribution in [-0.4, -0.2) is 23.1 Å². The first-order chi connectivity index (χ1) is 11.4. The maximum absolute atomic E-state index is 12.8. The Bertz CT molecular complexity index is 652. The van der Waals surface area contributed by atoms with Crippen molar-refractivity contribution in [2.24, 2.45) is 0 Å². The highest BCUT2D eigenvalue weighted by Gasteiger charge is 2.30. The normalized spacial score (nSPS) is 11.4. The molecule has 0 bridgehead atoms. The SMILES string of the molecule is CCCN(CCC)c1nccc(Nc2cccc(C(F)(F)F)c2)n1. The highest BCUT2D eigenvalue weighted by Crippen LogP contribution is 2.31. The van der Waals surface area contributed by atoms with Crippen molar-refractivity contribution in [3.05, 3.63) is 42.1 Å². The summed E-state index contributed by atoms with van der Waals surface area (Å²) in [7, 11) is 0. The van der Waals surface area contributed by atoms with Gasteiger partial charge in [-0.05, 0) is 37.1 Å². The fraction of sp³-hybridized carbons (Fsp3) is 0.412. The van der Waals surface area contributed by atoms with Gasteiger partial charge < -0.3 is 10.2 Å². The lowest BCUT2D eigenvalue weighted by atomic mass is 10.2. The van der Waals surface area contributed by atoms with Gasteiger partial charge in [-0.25, -0.2) is 4.98 Å². The van der Waals surface area contributed by atoms with Crippen LogP contribution in [0.5, 0.6) is 0 Å². The lowest BCUT2D eigenvalue weighted by molar-refractivity contribution is -0.137. The average Bonchev–Trinajstić information content (AvgIpc) is 2.54. The first kappa shape index (κ1) is 18.0. The molecule has 4 nitrogen and oxygen atoms in total. The molecule has 1 heterocycles. The van der Waals surface area contributed by atoms with Crippen molar-refractivity contribution in [2.75, 3.05) is 23.3 Å². The van der Waals surface area contributed by atoms with E-state index in [1.165, 1.54) is 6.07 Å². The summed E-state index contributed by atoms with van der Waals surface area (Å²) >= 11 is 0. The summed E-state index contributed by atoms with van der Waals surface area (Å²) in [5, 5.41) is 2.92. The Hall–Kier alpha value is -2.31. The lowest BCUT2D eigenvalue weighted by Crippen LogP contribution is -2.27. The van der Waals surface area contributed by atoms with Crippen LogP contribution in [-0.2, 0) is 6.18 Å². The van der Waals surface area contributed by atoms with Crippen LogP contribution in [0.15, 0.2) is 36.5 Å². The molecule has 0 saturated carbocycles. The van der Waals surface area contributed by atoms with E-state index in [0.717, 1.165) is 38.1 Å². The molecule has 0 aliphatic heterocycles. The minimum Gasteiger partial charge on any atom is -0.341 e. The van der Waals surface area contributed by atoms with Crippen LogP contribution in [0.1, 0.15) is 32.3 Å². The van der Waals surface area contributed by atoms with Gasteiger partial charge in [-0.3, -0.25) is 0 Å². The number of alkyl halides is 3. The molecule has 0 aliphatic carbocycles. The van der Waals surface area contributed by atoms with Gasteiger partial charge >= 0.3 is 6.18 Å². The van der Waals surface area contributed by atoms with Crippen molar-refractivity contribution in [2.45, 2.75) is 32.9 Å². The first-order valence-corrected chi connectivity index (χ1v) is 7.96. The molecule has 0 spiro atoms. The monoisotopic (exact) mass is 338 g/mol. The average molecular weight is 338 g/mol. The second-order valence-electron chi connectivity index (χ2n) is 5.43. The molecule has 0 unspecified atom stereocenters. The summed E-state index contributed by atoms with van der Waals surface area (Å²) in [6.45, 7) is 5.82. The molecule has 24 heavy (non-hydrogen) atoms. The van der Waals surface area contributed by atoms with Crippen LogP contribution < -0.4 is 10.2 Å². The molecule has 0 radical (unpaired) electrons. The van der Waals surface area contributed by atoms with Crippen molar-refractivity contribution < 1.29 is 13.2 Å². The molecule has 130 valence electrons. The smallest absolute Gasteiger partial charge is 0.341 e. The minimum absolute atomic E-state index is 0.340. The number of nitrogens with zero attached hydrogens (tertiary/aromatic N) is 3. The van der Waals surface area contributed by atoms with Gasteiger partial charge in [0.15, 0.2) is 0 Å². The zero-order valence-electron chi connectivity index (χ0n) is 13.8. The Balaban J connectivity index is 2.20. The van der Waals surface area contributed by atoms with Crippen molar-refractivity contribution in [3.63, 3.8) is 0 Å². The molecule has 0 amide bonds. The van der Waals surface area contributed by atoms with Gasteiger partial charge in [0.2, 0.25) is 5.95 Å². The van der Waals surface area contributed by atoms with Crippen molar-refractivity contribution >= 4 is 17.5 Å². The van der Waals surface area contributed by atoms with E-state index in [-0.39, 0.29) is 0 Å². The Morgan fingerprint density at radius 2 is 1.79 bits per heavy atom. The molecular weight excluding hydrogens is 317 g/mol. The summed E-state index contributed by atoms with van der Waals surface area (Å²) in [4.78, 5) is 10.8. The molecular formula is C17H21F3N4. The molecule has 7 heteroatoms. The number of hydrogen-bond donors (Lipinski definition) is 1. The van der Waals surface area contributed by atoms with Gasteiger partial charge in [-0.15, -0.1) is 0 Å². The number of nitrogens with one attached hydrogen (secondary N) is 1. The fourth-order valence-corrected chi connectivity index (χ4v) is 2.34. The van der Waals surface area contributed by atoms with E-state index in [1.807, 2.05) is 0 Å². The summed E-state index contributed by atoms with van der Waals surface area (Å²) in [5.74, 6) is 1.05. The fourth-order valence-electron chi connectivity index (χ4n) is 2.34. The molecule has 1 aromatic heterocycles. The molecule has 0 saturated heterocycles. The Labute approximate surface area is 139 Å². The van der Waals surface area contributed by atoms with Gasteiger partial charge in [0.05, 0.1) is 5.56 Å². The molecule has 0 aliphatic rings. The van der Waals surface area contributed by atoms with E-state index in [2.05, 4.69) is 34.0 Å². The molecule has 0 atom stereocenters. The molecule has 2 rings (SSSR count). The van der Waals surface area contributed by atoms with E-state index in [0.29, 0.717) is 17.5 Å². The number of anilines is 3. The number of hydrogen-bond acceptors (Lipinski definition) is 4. The van der Waals surface area contributed by atoms with E-state index < -0.39 is 11.7 Å². The minimum atomic E-state index is -4.37. The molecule has 2 aromatic rings. The second kappa shape index (κ2) is 7.99. The zero-order chi connectivity index (χ0) is 17.6. The third-order valence-electron chi connectivity index (χ3n) is 3.38. The Kier molecular flexibility index (Phi) is 6.00. The standard InChI is InChI=1S/C17H21F3N4/c1-3-10-24(11-4-2)16-21-9-8-15(23-16)22-14-7-5-6-13(12-14)17(18,19)20/h5-9,12H,3-4,10-11H2,1-2H3,(H,21,22,23). The highest BCUT2D eigenvalue weighted by molar-refractivity contribution is 5.58. The Morgan fingerprint density at radius 1 is 1.08 bits per heavy atom. The van der Waals surface area contributed by atoms with Gasteiger partial charge in [-0.1, -0.05) is 19.9 Å². The summed E-state index contributed by atoms with van der Waals surface area (Å²) < 4.78 is 38.4. The van der Waals surface area contributed by atoms with Crippen LogP contribution in [0.4, 0.5) is 30.6 Å². The number of benzene rings is 1. The Morgan fingerprint density at radius 3 is 2.42 bits per heavy atom. The maximum atomic E-state index is 12.8. The van der Waals surface area contributed by atoms with Crippen LogP contribution in [0.25, 0.3) is 0 Å². The zero-order valence-corrected chi connectivity index (χ0v) is 13.8. The van der Waals surface area contributed by atoms with Crippen molar-refractivity contribution in [1.29, 1.82) is 0 Å². The summed E-state index contributed by atoms with van der Waals surface area (Å²) in [5.41, 5.74) is -0.354. The van der Waals surface area contributed by atoms with Crippen LogP contribution >= 0.6 is 0 Å².